The summed E-state index contributed by atoms with van der Waals surface area (Å²) in [5.74, 6) is 0.897. The zero-order chi connectivity index (χ0) is 21.5. The van der Waals surface area contributed by atoms with Crippen LogP contribution in [0.25, 0.3) is 11.0 Å². The second kappa shape index (κ2) is 10.2. The van der Waals surface area contributed by atoms with Crippen LogP contribution in [0.2, 0.25) is 5.02 Å². The normalized spacial score (nSPS) is 10.7. The summed E-state index contributed by atoms with van der Waals surface area (Å²) in [6.07, 6.45) is 0.675. The molecule has 0 saturated carbocycles. The van der Waals surface area contributed by atoms with Gasteiger partial charge < -0.3 is 20.4 Å². The SMILES string of the molecule is COc1ccc2nc(SCC(=O)NCCCNc3ccc([N+](=O)[O-])cc3Cl)[nH]c2c1. The van der Waals surface area contributed by atoms with Crippen LogP contribution in [0.15, 0.2) is 41.6 Å². The number of thioether (sulfide) groups is 1. The van der Waals surface area contributed by atoms with Gasteiger partial charge in [-0.15, -0.1) is 0 Å². The molecule has 11 heteroatoms. The number of H-pyrrole nitrogens is 1. The average Bonchev–Trinajstić information content (AvgIpc) is 3.14. The number of halogens is 1. The van der Waals surface area contributed by atoms with Crippen LogP contribution in [0, 0.1) is 10.1 Å². The quantitative estimate of drug-likeness (QED) is 0.186. The summed E-state index contributed by atoms with van der Waals surface area (Å²) in [5, 5.41) is 17.6. The Kier molecular flexibility index (Phi) is 7.36. The van der Waals surface area contributed by atoms with Crippen molar-refractivity contribution in [2.75, 3.05) is 31.3 Å². The van der Waals surface area contributed by atoms with Gasteiger partial charge >= 0.3 is 0 Å². The van der Waals surface area contributed by atoms with Gasteiger partial charge in [-0.1, -0.05) is 23.4 Å². The fourth-order valence-corrected chi connectivity index (χ4v) is 3.60. The van der Waals surface area contributed by atoms with E-state index in [0.717, 1.165) is 16.8 Å². The molecule has 158 valence electrons. The summed E-state index contributed by atoms with van der Waals surface area (Å²) in [5.41, 5.74) is 2.23. The van der Waals surface area contributed by atoms with Crippen molar-refractivity contribution in [2.45, 2.75) is 11.6 Å². The number of ether oxygens (including phenoxy) is 1. The molecule has 2 aromatic carbocycles. The van der Waals surface area contributed by atoms with Gasteiger partial charge in [0.25, 0.3) is 5.69 Å². The summed E-state index contributed by atoms with van der Waals surface area (Å²) >= 11 is 7.35. The summed E-state index contributed by atoms with van der Waals surface area (Å²) in [4.78, 5) is 29.8. The van der Waals surface area contributed by atoms with Crippen molar-refractivity contribution < 1.29 is 14.5 Å². The molecule has 0 atom stereocenters. The molecular weight excluding hydrogens is 430 g/mol. The fraction of sp³-hybridized carbons (Fsp3) is 0.263. The number of benzene rings is 2. The number of nitro benzene ring substituents is 1. The van der Waals surface area contributed by atoms with Crippen molar-refractivity contribution in [1.29, 1.82) is 0 Å². The highest BCUT2D eigenvalue weighted by Crippen LogP contribution is 2.26. The van der Waals surface area contributed by atoms with Crippen LogP contribution in [0.3, 0.4) is 0 Å². The largest absolute Gasteiger partial charge is 0.497 e. The summed E-state index contributed by atoms with van der Waals surface area (Å²) < 4.78 is 5.19. The third-order valence-corrected chi connectivity index (χ3v) is 5.35. The monoisotopic (exact) mass is 449 g/mol. The topological polar surface area (TPSA) is 122 Å². The molecule has 0 bridgehead atoms. The third kappa shape index (κ3) is 5.77. The third-order valence-electron chi connectivity index (χ3n) is 4.16. The molecule has 0 aliphatic heterocycles. The molecule has 1 heterocycles. The molecule has 0 fully saturated rings. The number of imidazole rings is 1. The first kappa shape index (κ1) is 21.7. The van der Waals surface area contributed by atoms with E-state index in [1.54, 1.807) is 13.2 Å². The molecule has 3 rings (SSSR count). The lowest BCUT2D eigenvalue weighted by Gasteiger charge is -2.09. The number of hydrogen-bond acceptors (Lipinski definition) is 7. The summed E-state index contributed by atoms with van der Waals surface area (Å²) in [6.45, 7) is 1.06. The Labute approximate surface area is 181 Å². The standard InChI is InChI=1S/C19H20ClN5O4S/c1-29-13-4-6-16-17(10-13)24-19(23-16)30-11-18(26)22-8-2-7-21-15-5-3-12(25(27)28)9-14(15)20/h3-6,9-10,21H,2,7-8,11H2,1H3,(H,22,26)(H,23,24). The first-order chi connectivity index (χ1) is 14.5. The van der Waals surface area contributed by atoms with Crippen LogP contribution >= 0.6 is 23.4 Å². The number of anilines is 1. The molecule has 0 radical (unpaired) electrons. The van der Waals surface area contributed by atoms with Gasteiger partial charge in [-0.05, 0) is 24.6 Å². The average molecular weight is 450 g/mol. The van der Waals surface area contributed by atoms with Gasteiger partial charge in [-0.2, -0.15) is 0 Å². The number of aromatic nitrogens is 2. The van der Waals surface area contributed by atoms with Crippen molar-refractivity contribution in [3.05, 3.63) is 51.5 Å². The lowest BCUT2D eigenvalue weighted by molar-refractivity contribution is -0.384. The lowest BCUT2D eigenvalue weighted by atomic mass is 10.2. The molecule has 30 heavy (non-hydrogen) atoms. The maximum Gasteiger partial charge on any atom is 0.271 e. The second-order valence-electron chi connectivity index (χ2n) is 6.27. The van der Waals surface area contributed by atoms with E-state index in [9.17, 15) is 14.9 Å². The highest BCUT2D eigenvalue weighted by Gasteiger charge is 2.10. The van der Waals surface area contributed by atoms with Crippen LogP contribution in [-0.4, -0.2) is 46.8 Å². The van der Waals surface area contributed by atoms with Crippen molar-refractivity contribution in [1.82, 2.24) is 15.3 Å². The van der Waals surface area contributed by atoms with Crippen molar-refractivity contribution in [3.8, 4) is 5.75 Å². The highest BCUT2D eigenvalue weighted by atomic mass is 35.5. The number of nitro groups is 1. The lowest BCUT2D eigenvalue weighted by Crippen LogP contribution is -2.27. The molecule has 1 amide bonds. The molecule has 3 aromatic rings. The molecule has 0 saturated heterocycles. The van der Waals surface area contributed by atoms with Gasteiger partial charge in [0.15, 0.2) is 5.16 Å². The van der Waals surface area contributed by atoms with Crippen molar-refractivity contribution in [3.63, 3.8) is 0 Å². The smallest absolute Gasteiger partial charge is 0.271 e. The Morgan fingerprint density at radius 2 is 2.13 bits per heavy atom. The Balaban J connectivity index is 1.37. The van der Waals surface area contributed by atoms with Crippen LogP contribution in [0.1, 0.15) is 6.42 Å². The van der Waals surface area contributed by atoms with E-state index in [-0.39, 0.29) is 22.4 Å². The van der Waals surface area contributed by atoms with E-state index in [1.807, 2.05) is 18.2 Å². The van der Waals surface area contributed by atoms with Gasteiger partial charge in [0.05, 0.1) is 39.5 Å². The maximum absolute atomic E-state index is 12.0. The molecule has 9 nitrogen and oxygen atoms in total. The minimum atomic E-state index is -0.495. The van der Waals surface area contributed by atoms with Gasteiger partial charge in [0.2, 0.25) is 5.91 Å². The Bertz CT molecular complexity index is 1060. The van der Waals surface area contributed by atoms with Gasteiger partial charge in [0, 0.05) is 31.3 Å². The van der Waals surface area contributed by atoms with Crippen LogP contribution in [0.4, 0.5) is 11.4 Å². The van der Waals surface area contributed by atoms with Gasteiger partial charge in [-0.25, -0.2) is 4.98 Å². The van der Waals surface area contributed by atoms with Gasteiger partial charge in [0.1, 0.15) is 5.75 Å². The zero-order valence-electron chi connectivity index (χ0n) is 16.1. The number of carbonyl (C=O) groups is 1. The number of nitrogens with one attached hydrogen (secondary N) is 3. The summed E-state index contributed by atoms with van der Waals surface area (Å²) in [7, 11) is 1.60. The molecule has 0 aliphatic carbocycles. The highest BCUT2D eigenvalue weighted by molar-refractivity contribution is 7.99. The second-order valence-corrected chi connectivity index (χ2v) is 7.64. The fourth-order valence-electron chi connectivity index (χ4n) is 2.65. The van der Waals surface area contributed by atoms with E-state index in [2.05, 4.69) is 20.6 Å². The minimum Gasteiger partial charge on any atom is -0.497 e. The number of rotatable bonds is 10. The minimum absolute atomic E-state index is 0.0566. The molecular formula is C19H20ClN5O4S. The van der Waals surface area contributed by atoms with E-state index >= 15 is 0 Å². The predicted molar refractivity (Wildman–Crippen MR) is 118 cm³/mol. The Hall–Kier alpha value is -2.98. The summed E-state index contributed by atoms with van der Waals surface area (Å²) in [6, 6.07) is 9.81. The number of carbonyl (C=O) groups excluding carboxylic acids is 1. The molecule has 1 aromatic heterocycles. The number of non-ortho nitro benzene ring substituents is 1. The first-order valence-corrected chi connectivity index (χ1v) is 10.4. The number of nitrogens with zero attached hydrogens (tertiary/aromatic N) is 2. The van der Waals surface area contributed by atoms with E-state index in [0.29, 0.717) is 30.4 Å². The maximum atomic E-state index is 12.0. The molecule has 0 unspecified atom stereocenters. The van der Waals surface area contributed by atoms with E-state index < -0.39 is 4.92 Å². The number of methoxy groups -OCH3 is 1. The molecule has 0 aliphatic rings. The number of fused-ring (bicyclic) bond motifs is 1. The molecule has 0 spiro atoms. The number of hydrogen-bond donors (Lipinski definition) is 3. The van der Waals surface area contributed by atoms with E-state index in [4.69, 9.17) is 16.3 Å². The zero-order valence-corrected chi connectivity index (χ0v) is 17.7. The Morgan fingerprint density at radius 3 is 2.87 bits per heavy atom. The van der Waals surface area contributed by atoms with Crippen LogP contribution < -0.4 is 15.4 Å². The van der Waals surface area contributed by atoms with E-state index in [1.165, 1.54) is 23.9 Å². The Morgan fingerprint density at radius 1 is 1.30 bits per heavy atom. The van der Waals surface area contributed by atoms with Crippen molar-refractivity contribution in [2.24, 2.45) is 0 Å². The molecule has 3 N–H and O–H groups in total. The number of aromatic amines is 1. The van der Waals surface area contributed by atoms with Crippen LogP contribution in [-0.2, 0) is 4.79 Å². The van der Waals surface area contributed by atoms with Crippen molar-refractivity contribution >= 4 is 51.7 Å². The van der Waals surface area contributed by atoms with Gasteiger partial charge in [-0.3, -0.25) is 14.9 Å². The first-order valence-electron chi connectivity index (χ1n) is 9.07. The predicted octanol–water partition coefficient (Wildman–Crippen LogP) is 3.84. The van der Waals surface area contributed by atoms with Crippen LogP contribution in [0.5, 0.6) is 5.75 Å². The number of amides is 1.